The minimum absolute atomic E-state index is 0.0457. The normalized spacial score (nSPS) is 10.4. The molecule has 28 heavy (non-hydrogen) atoms. The highest BCUT2D eigenvalue weighted by Crippen LogP contribution is 2.24. The van der Waals surface area contributed by atoms with Crippen molar-refractivity contribution >= 4 is 28.9 Å². The van der Waals surface area contributed by atoms with Crippen LogP contribution in [0.4, 0.5) is 14.5 Å². The van der Waals surface area contributed by atoms with Crippen molar-refractivity contribution in [1.29, 1.82) is 0 Å². The number of anilines is 1. The van der Waals surface area contributed by atoms with Gasteiger partial charge in [-0.25, -0.2) is 8.78 Å². The average Bonchev–Trinajstić information content (AvgIpc) is 2.69. The van der Waals surface area contributed by atoms with Crippen molar-refractivity contribution < 1.29 is 18.3 Å². The molecule has 7 heteroatoms. The van der Waals surface area contributed by atoms with Crippen molar-refractivity contribution in [3.05, 3.63) is 90.0 Å². The summed E-state index contributed by atoms with van der Waals surface area (Å²) in [5, 5.41) is 5.40. The molecular formula is C21H16F2N2O2S. The Kier molecular flexibility index (Phi) is 6.29. The molecule has 142 valence electrons. The molecule has 2 N–H and O–H groups in total. The third-order valence-corrected chi connectivity index (χ3v) is 3.90. The molecular weight excluding hydrogens is 382 g/mol. The first-order valence-electron chi connectivity index (χ1n) is 8.35. The summed E-state index contributed by atoms with van der Waals surface area (Å²) in [5.41, 5.74) is 0.487. The summed E-state index contributed by atoms with van der Waals surface area (Å²) < 4.78 is 31.3. The minimum atomic E-state index is -2.65. The third kappa shape index (κ3) is 5.34. The predicted octanol–water partition coefficient (Wildman–Crippen LogP) is 5.54. The lowest BCUT2D eigenvalue weighted by molar-refractivity contribution is 0.0977. The highest BCUT2D eigenvalue weighted by atomic mass is 32.1. The second-order valence-electron chi connectivity index (χ2n) is 5.78. The number of benzene rings is 3. The molecule has 0 spiro atoms. The van der Waals surface area contributed by atoms with Gasteiger partial charge >= 0.3 is 0 Å². The van der Waals surface area contributed by atoms with Gasteiger partial charge in [-0.2, -0.15) is 0 Å². The van der Waals surface area contributed by atoms with Gasteiger partial charge in [-0.15, -0.1) is 0 Å². The standard InChI is InChI=1S/C21H16F2N2O2S/c22-19(23)14-6-4-7-15(12-14)20(26)25-21(28)24-16-8-5-11-18(13-16)27-17-9-2-1-3-10-17/h1-13,19H,(H2,24,25,26,28). The van der Waals surface area contributed by atoms with Crippen molar-refractivity contribution in [1.82, 2.24) is 5.32 Å². The predicted molar refractivity (Wildman–Crippen MR) is 108 cm³/mol. The molecule has 0 aliphatic heterocycles. The van der Waals surface area contributed by atoms with E-state index < -0.39 is 12.3 Å². The van der Waals surface area contributed by atoms with Crippen LogP contribution in [0.1, 0.15) is 22.3 Å². The van der Waals surface area contributed by atoms with Crippen molar-refractivity contribution in [2.75, 3.05) is 5.32 Å². The van der Waals surface area contributed by atoms with Gasteiger partial charge < -0.3 is 10.1 Å². The Bertz CT molecular complexity index is 981. The van der Waals surface area contributed by atoms with Gasteiger partial charge in [-0.1, -0.05) is 36.4 Å². The maximum atomic E-state index is 12.8. The van der Waals surface area contributed by atoms with Crippen LogP contribution in [0.2, 0.25) is 0 Å². The van der Waals surface area contributed by atoms with Crippen LogP contribution in [0.15, 0.2) is 78.9 Å². The molecule has 0 aromatic heterocycles. The van der Waals surface area contributed by atoms with Crippen LogP contribution >= 0.6 is 12.2 Å². The molecule has 3 aromatic rings. The minimum Gasteiger partial charge on any atom is -0.457 e. The van der Waals surface area contributed by atoms with E-state index in [9.17, 15) is 13.6 Å². The van der Waals surface area contributed by atoms with Crippen molar-refractivity contribution in [2.45, 2.75) is 6.43 Å². The first-order valence-corrected chi connectivity index (χ1v) is 8.75. The van der Waals surface area contributed by atoms with Gasteiger partial charge in [0.2, 0.25) is 0 Å². The lowest BCUT2D eigenvalue weighted by atomic mass is 10.1. The Morgan fingerprint density at radius 1 is 0.893 bits per heavy atom. The van der Waals surface area contributed by atoms with Gasteiger partial charge in [0.05, 0.1) is 0 Å². The number of hydrogen-bond donors (Lipinski definition) is 2. The summed E-state index contributed by atoms with van der Waals surface area (Å²) in [6.45, 7) is 0. The lowest BCUT2D eigenvalue weighted by Gasteiger charge is -2.12. The monoisotopic (exact) mass is 398 g/mol. The Balaban J connectivity index is 1.62. The number of alkyl halides is 2. The average molecular weight is 398 g/mol. The number of para-hydroxylation sites is 1. The second-order valence-corrected chi connectivity index (χ2v) is 6.19. The molecule has 0 fully saturated rings. The van der Waals surface area contributed by atoms with E-state index in [-0.39, 0.29) is 16.2 Å². The van der Waals surface area contributed by atoms with Crippen LogP contribution in [0, 0.1) is 0 Å². The van der Waals surface area contributed by atoms with Crippen molar-refractivity contribution in [2.24, 2.45) is 0 Å². The molecule has 3 rings (SSSR count). The number of nitrogens with one attached hydrogen (secondary N) is 2. The lowest BCUT2D eigenvalue weighted by Crippen LogP contribution is -2.34. The molecule has 3 aromatic carbocycles. The fourth-order valence-corrected chi connectivity index (χ4v) is 2.63. The number of carbonyl (C=O) groups is 1. The van der Waals surface area contributed by atoms with E-state index in [4.69, 9.17) is 17.0 Å². The Morgan fingerprint density at radius 2 is 1.61 bits per heavy atom. The largest absolute Gasteiger partial charge is 0.457 e. The van der Waals surface area contributed by atoms with E-state index in [2.05, 4.69) is 10.6 Å². The van der Waals surface area contributed by atoms with Gasteiger partial charge in [0.15, 0.2) is 5.11 Å². The van der Waals surface area contributed by atoms with Crippen LogP contribution < -0.4 is 15.4 Å². The molecule has 0 radical (unpaired) electrons. The summed E-state index contributed by atoms with van der Waals surface area (Å²) >= 11 is 5.14. The highest BCUT2D eigenvalue weighted by molar-refractivity contribution is 7.80. The number of ether oxygens (including phenoxy) is 1. The van der Waals surface area contributed by atoms with E-state index in [1.165, 1.54) is 18.2 Å². The summed E-state index contributed by atoms with van der Waals surface area (Å²) in [5.74, 6) is 0.709. The van der Waals surface area contributed by atoms with Crippen LogP contribution in [0.25, 0.3) is 0 Å². The number of amides is 1. The first kappa shape index (κ1) is 19.4. The molecule has 0 bridgehead atoms. The number of hydrogen-bond acceptors (Lipinski definition) is 3. The first-order chi connectivity index (χ1) is 13.5. The van der Waals surface area contributed by atoms with Crippen molar-refractivity contribution in [3.63, 3.8) is 0 Å². The molecule has 0 unspecified atom stereocenters. The van der Waals surface area contributed by atoms with E-state index in [0.29, 0.717) is 17.2 Å². The van der Waals surface area contributed by atoms with E-state index in [0.717, 1.165) is 6.07 Å². The molecule has 0 atom stereocenters. The highest BCUT2D eigenvalue weighted by Gasteiger charge is 2.12. The van der Waals surface area contributed by atoms with Gasteiger partial charge in [0.25, 0.3) is 12.3 Å². The SMILES string of the molecule is O=C(NC(=S)Nc1cccc(Oc2ccccc2)c1)c1cccc(C(F)F)c1. The molecule has 0 aliphatic carbocycles. The molecule has 0 aliphatic rings. The number of carbonyl (C=O) groups excluding carboxylic acids is 1. The van der Waals surface area contributed by atoms with Gasteiger partial charge in [-0.3, -0.25) is 10.1 Å². The van der Waals surface area contributed by atoms with Crippen LogP contribution in [-0.4, -0.2) is 11.0 Å². The number of thiocarbonyl (C=S) groups is 1. The van der Waals surface area contributed by atoms with Crippen LogP contribution in [0.3, 0.4) is 0 Å². The van der Waals surface area contributed by atoms with Gasteiger partial charge in [0.1, 0.15) is 11.5 Å². The maximum Gasteiger partial charge on any atom is 0.263 e. The van der Waals surface area contributed by atoms with Gasteiger partial charge in [0, 0.05) is 22.9 Å². The van der Waals surface area contributed by atoms with E-state index in [1.807, 2.05) is 30.3 Å². The summed E-state index contributed by atoms with van der Waals surface area (Å²) in [6, 6.07) is 21.6. The summed E-state index contributed by atoms with van der Waals surface area (Å²) in [4.78, 5) is 12.2. The second kappa shape index (κ2) is 9.05. The molecule has 0 saturated heterocycles. The molecule has 1 amide bonds. The van der Waals surface area contributed by atoms with Gasteiger partial charge in [-0.05, 0) is 48.6 Å². The Labute approximate surface area is 166 Å². The summed E-state index contributed by atoms with van der Waals surface area (Å²) in [6.07, 6.45) is -2.65. The zero-order valence-corrected chi connectivity index (χ0v) is 15.4. The molecule has 0 saturated carbocycles. The van der Waals surface area contributed by atoms with E-state index in [1.54, 1.807) is 24.3 Å². The number of rotatable bonds is 5. The van der Waals surface area contributed by atoms with Crippen LogP contribution in [-0.2, 0) is 0 Å². The zero-order chi connectivity index (χ0) is 19.9. The fourth-order valence-electron chi connectivity index (χ4n) is 2.42. The van der Waals surface area contributed by atoms with E-state index >= 15 is 0 Å². The smallest absolute Gasteiger partial charge is 0.263 e. The third-order valence-electron chi connectivity index (χ3n) is 3.70. The fraction of sp³-hybridized carbons (Fsp3) is 0.0476. The molecule has 0 heterocycles. The quantitative estimate of drug-likeness (QED) is 0.554. The Hall–Kier alpha value is -3.32. The van der Waals surface area contributed by atoms with Crippen LogP contribution in [0.5, 0.6) is 11.5 Å². The van der Waals surface area contributed by atoms with Crippen molar-refractivity contribution in [3.8, 4) is 11.5 Å². The molecule has 4 nitrogen and oxygen atoms in total. The Morgan fingerprint density at radius 3 is 2.36 bits per heavy atom. The summed E-state index contributed by atoms with van der Waals surface area (Å²) in [7, 11) is 0. The topological polar surface area (TPSA) is 50.4 Å². The number of halogens is 2. The zero-order valence-electron chi connectivity index (χ0n) is 14.6. The maximum absolute atomic E-state index is 12.8.